The molecule has 4 heteroatoms. The number of furan rings is 2. The lowest BCUT2D eigenvalue weighted by Gasteiger charge is -1.86. The fraction of sp³-hybridized carbons (Fsp3) is 0.100. The maximum absolute atomic E-state index is 10.7. The van der Waals surface area contributed by atoms with Gasteiger partial charge < -0.3 is 13.9 Å². The minimum absolute atomic E-state index is 0.182. The van der Waals surface area contributed by atoms with Crippen LogP contribution < -0.4 is 0 Å². The summed E-state index contributed by atoms with van der Waals surface area (Å²) in [6, 6.07) is 3.20. The first kappa shape index (κ1) is 8.62. The monoisotopic (exact) mass is 192 g/mol. The zero-order valence-corrected chi connectivity index (χ0v) is 7.48. The Bertz CT molecular complexity index is 450. The molecule has 0 saturated heterocycles. The van der Waals surface area contributed by atoms with Crippen LogP contribution in [0.25, 0.3) is 11.3 Å². The fourth-order valence-corrected chi connectivity index (χ4v) is 1.24. The summed E-state index contributed by atoms with van der Waals surface area (Å²) in [6.07, 6.45) is 3.01. The second-order valence-corrected chi connectivity index (χ2v) is 2.90. The molecule has 4 nitrogen and oxygen atoms in total. The summed E-state index contributed by atoms with van der Waals surface area (Å²) < 4.78 is 10.2. The smallest absolute Gasteiger partial charge is 0.339 e. The first-order valence-corrected chi connectivity index (χ1v) is 4.05. The Morgan fingerprint density at radius 2 is 2.29 bits per heavy atom. The molecule has 0 unspecified atom stereocenters. The van der Waals surface area contributed by atoms with E-state index < -0.39 is 5.97 Å². The van der Waals surface area contributed by atoms with Crippen LogP contribution in [0.3, 0.4) is 0 Å². The Hall–Kier alpha value is -1.97. The maximum atomic E-state index is 10.7. The van der Waals surface area contributed by atoms with E-state index in [1.807, 2.05) is 0 Å². The van der Waals surface area contributed by atoms with E-state index in [9.17, 15) is 4.79 Å². The molecule has 2 rings (SSSR count). The molecule has 72 valence electrons. The summed E-state index contributed by atoms with van der Waals surface area (Å²) in [7, 11) is 0. The molecule has 2 aromatic rings. The molecule has 0 fully saturated rings. The molecule has 2 heterocycles. The van der Waals surface area contributed by atoms with Crippen molar-refractivity contribution in [1.29, 1.82) is 0 Å². The lowest BCUT2D eigenvalue weighted by atomic mass is 10.2. The number of hydrogen-bond acceptors (Lipinski definition) is 3. The highest BCUT2D eigenvalue weighted by Crippen LogP contribution is 2.25. The summed E-state index contributed by atoms with van der Waals surface area (Å²) in [5, 5.41) is 8.79. The average Bonchev–Trinajstić information content (AvgIpc) is 2.70. The van der Waals surface area contributed by atoms with Crippen LogP contribution in [-0.4, -0.2) is 11.1 Å². The molecular formula is C10H8O4. The maximum Gasteiger partial charge on any atom is 0.339 e. The number of aromatic carboxylic acids is 1. The molecule has 0 atom stereocenters. The van der Waals surface area contributed by atoms with E-state index >= 15 is 0 Å². The number of carbonyl (C=O) groups is 1. The van der Waals surface area contributed by atoms with E-state index in [0.717, 1.165) is 5.56 Å². The number of hydrogen-bond donors (Lipinski definition) is 1. The van der Waals surface area contributed by atoms with Gasteiger partial charge >= 0.3 is 5.97 Å². The van der Waals surface area contributed by atoms with Crippen LogP contribution in [0.4, 0.5) is 0 Å². The lowest BCUT2D eigenvalue weighted by molar-refractivity contribution is 0.0695. The quantitative estimate of drug-likeness (QED) is 0.794. The molecule has 0 spiro atoms. The van der Waals surface area contributed by atoms with Gasteiger partial charge in [0.1, 0.15) is 23.3 Å². The van der Waals surface area contributed by atoms with Crippen LogP contribution in [0.1, 0.15) is 16.1 Å². The van der Waals surface area contributed by atoms with Crippen LogP contribution in [0.5, 0.6) is 0 Å². The first-order valence-electron chi connectivity index (χ1n) is 4.05. The van der Waals surface area contributed by atoms with Crippen molar-refractivity contribution in [1.82, 2.24) is 0 Å². The molecule has 0 aromatic carbocycles. The fourth-order valence-electron chi connectivity index (χ4n) is 1.24. The normalized spacial score (nSPS) is 10.4. The predicted octanol–water partition coefficient (Wildman–Crippen LogP) is 2.55. The predicted molar refractivity (Wildman–Crippen MR) is 48.1 cm³/mol. The van der Waals surface area contributed by atoms with Gasteiger partial charge in [0.25, 0.3) is 0 Å². The highest BCUT2D eigenvalue weighted by atomic mass is 16.4. The summed E-state index contributed by atoms with van der Waals surface area (Å²) in [4.78, 5) is 10.7. The minimum Gasteiger partial charge on any atom is -0.478 e. The van der Waals surface area contributed by atoms with Crippen molar-refractivity contribution in [2.24, 2.45) is 0 Å². The average molecular weight is 192 g/mol. The van der Waals surface area contributed by atoms with Crippen molar-refractivity contribution in [3.63, 3.8) is 0 Å². The Kier molecular flexibility index (Phi) is 1.89. The Morgan fingerprint density at radius 1 is 1.50 bits per heavy atom. The molecule has 0 bridgehead atoms. The Balaban J connectivity index is 2.48. The van der Waals surface area contributed by atoms with E-state index in [2.05, 4.69) is 0 Å². The summed E-state index contributed by atoms with van der Waals surface area (Å²) in [6.45, 7) is 1.62. The van der Waals surface area contributed by atoms with Gasteiger partial charge in [0.05, 0.1) is 11.8 Å². The van der Waals surface area contributed by atoms with E-state index in [1.54, 1.807) is 13.0 Å². The van der Waals surface area contributed by atoms with Gasteiger partial charge in [-0.1, -0.05) is 0 Å². The van der Waals surface area contributed by atoms with Gasteiger partial charge in [-0.05, 0) is 19.1 Å². The Labute approximate surface area is 79.8 Å². The molecule has 0 aliphatic rings. The molecule has 0 amide bonds. The minimum atomic E-state index is -0.985. The van der Waals surface area contributed by atoms with Gasteiger partial charge in [-0.2, -0.15) is 0 Å². The molecule has 14 heavy (non-hydrogen) atoms. The van der Waals surface area contributed by atoms with Gasteiger partial charge in [0, 0.05) is 0 Å². The lowest BCUT2D eigenvalue weighted by Crippen LogP contribution is -1.94. The second-order valence-electron chi connectivity index (χ2n) is 2.90. The van der Waals surface area contributed by atoms with Crippen molar-refractivity contribution in [3.05, 3.63) is 36.0 Å². The first-order chi connectivity index (χ1) is 6.68. The van der Waals surface area contributed by atoms with Crippen LogP contribution in [0, 0.1) is 6.92 Å². The van der Waals surface area contributed by atoms with Gasteiger partial charge in [0.15, 0.2) is 0 Å². The number of aryl methyl sites for hydroxylation is 1. The van der Waals surface area contributed by atoms with Gasteiger partial charge in [0.2, 0.25) is 0 Å². The number of carboxylic acid groups (broad SMARTS) is 1. The zero-order valence-electron chi connectivity index (χ0n) is 7.48. The molecular weight excluding hydrogens is 184 g/mol. The summed E-state index contributed by atoms with van der Waals surface area (Å²) in [5.41, 5.74) is 0.918. The zero-order chi connectivity index (χ0) is 10.1. The van der Waals surface area contributed by atoms with Gasteiger partial charge in [-0.25, -0.2) is 4.79 Å². The molecule has 1 N–H and O–H groups in total. The molecule has 0 saturated carbocycles. The topological polar surface area (TPSA) is 63.6 Å². The van der Waals surface area contributed by atoms with Gasteiger partial charge in [-0.15, -0.1) is 0 Å². The van der Waals surface area contributed by atoms with E-state index in [-0.39, 0.29) is 5.56 Å². The van der Waals surface area contributed by atoms with Crippen molar-refractivity contribution >= 4 is 5.97 Å². The van der Waals surface area contributed by atoms with Crippen LogP contribution in [0.15, 0.2) is 33.5 Å². The van der Waals surface area contributed by atoms with Crippen molar-refractivity contribution in [2.75, 3.05) is 0 Å². The van der Waals surface area contributed by atoms with E-state index in [1.165, 1.54) is 18.6 Å². The standard InChI is InChI=1S/C10H8O4/c1-6-8(10(11)12)4-9(14-6)7-2-3-13-5-7/h2-5H,1H3,(H,11,12). The second kappa shape index (κ2) is 3.06. The van der Waals surface area contributed by atoms with Crippen molar-refractivity contribution in [3.8, 4) is 11.3 Å². The molecule has 0 aliphatic heterocycles. The highest BCUT2D eigenvalue weighted by Gasteiger charge is 2.14. The molecule has 0 aliphatic carbocycles. The van der Waals surface area contributed by atoms with Crippen molar-refractivity contribution in [2.45, 2.75) is 6.92 Å². The number of carboxylic acids is 1. The number of rotatable bonds is 2. The third-order valence-electron chi connectivity index (χ3n) is 1.95. The van der Waals surface area contributed by atoms with Crippen molar-refractivity contribution < 1.29 is 18.7 Å². The SMILES string of the molecule is Cc1oc(-c2ccoc2)cc1C(=O)O. The van der Waals surface area contributed by atoms with Crippen LogP contribution in [-0.2, 0) is 0 Å². The molecule has 0 radical (unpaired) electrons. The van der Waals surface area contributed by atoms with E-state index in [0.29, 0.717) is 11.5 Å². The summed E-state index contributed by atoms with van der Waals surface area (Å²) in [5.74, 6) is -0.0802. The van der Waals surface area contributed by atoms with Gasteiger partial charge in [-0.3, -0.25) is 0 Å². The summed E-state index contributed by atoms with van der Waals surface area (Å²) >= 11 is 0. The van der Waals surface area contributed by atoms with Crippen LogP contribution >= 0.6 is 0 Å². The van der Waals surface area contributed by atoms with Crippen LogP contribution in [0.2, 0.25) is 0 Å². The van der Waals surface area contributed by atoms with E-state index in [4.69, 9.17) is 13.9 Å². The Morgan fingerprint density at radius 3 is 2.79 bits per heavy atom. The third-order valence-corrected chi connectivity index (χ3v) is 1.95. The third kappa shape index (κ3) is 1.31. The largest absolute Gasteiger partial charge is 0.478 e. The molecule has 2 aromatic heterocycles. The highest BCUT2D eigenvalue weighted by molar-refractivity contribution is 5.90.